The first-order valence-corrected chi connectivity index (χ1v) is 12.8. The summed E-state index contributed by atoms with van der Waals surface area (Å²) in [5.74, 6) is -0.153. The fourth-order valence-corrected chi connectivity index (χ4v) is 6.23. The Hall–Kier alpha value is -3.23. The smallest absolute Gasteiger partial charge is 0.252 e. The van der Waals surface area contributed by atoms with E-state index in [9.17, 15) is 13.2 Å². The van der Waals surface area contributed by atoms with Gasteiger partial charge in [-0.3, -0.25) is 9.78 Å². The summed E-state index contributed by atoms with van der Waals surface area (Å²) in [5, 5.41) is 3.05. The van der Waals surface area contributed by atoms with Gasteiger partial charge in [0.1, 0.15) is 10.6 Å². The Kier molecular flexibility index (Phi) is 7.29. The molecule has 1 fully saturated rings. The van der Waals surface area contributed by atoms with E-state index in [4.69, 9.17) is 4.74 Å². The lowest BCUT2D eigenvalue weighted by Gasteiger charge is -2.32. The molecule has 0 spiro atoms. The van der Waals surface area contributed by atoms with Crippen molar-refractivity contribution >= 4 is 15.9 Å². The Bertz CT molecular complexity index is 1190. The number of sulfonamides is 1. The number of amides is 1. The molecule has 0 aliphatic carbocycles. The van der Waals surface area contributed by atoms with Gasteiger partial charge < -0.3 is 10.1 Å². The fourth-order valence-electron chi connectivity index (χ4n) is 4.35. The molecule has 0 saturated carbocycles. The van der Waals surface area contributed by atoms with Crippen LogP contribution in [0.2, 0.25) is 0 Å². The quantitative estimate of drug-likeness (QED) is 0.549. The van der Waals surface area contributed by atoms with Crippen LogP contribution in [0.5, 0.6) is 5.75 Å². The molecule has 0 bridgehead atoms. The molecule has 1 aliphatic heterocycles. The van der Waals surface area contributed by atoms with Crippen molar-refractivity contribution in [3.05, 3.63) is 89.7 Å². The van der Waals surface area contributed by atoms with Crippen LogP contribution in [-0.4, -0.2) is 43.3 Å². The van der Waals surface area contributed by atoms with E-state index in [-0.39, 0.29) is 28.2 Å². The molecular weight excluding hydrogens is 450 g/mol. The predicted molar refractivity (Wildman–Crippen MR) is 130 cm³/mol. The average molecular weight is 480 g/mol. The van der Waals surface area contributed by atoms with Gasteiger partial charge in [-0.15, -0.1) is 0 Å². The second kappa shape index (κ2) is 10.4. The first-order chi connectivity index (χ1) is 16.4. The predicted octanol–water partition coefficient (Wildman–Crippen LogP) is 4.17. The van der Waals surface area contributed by atoms with Gasteiger partial charge in [-0.2, -0.15) is 4.31 Å². The number of aromatic nitrogens is 1. The molecule has 34 heavy (non-hydrogen) atoms. The molecule has 0 radical (unpaired) electrons. The van der Waals surface area contributed by atoms with E-state index >= 15 is 0 Å². The topological polar surface area (TPSA) is 88.6 Å². The molecule has 8 heteroatoms. The summed E-state index contributed by atoms with van der Waals surface area (Å²) in [6, 6.07) is 17.3. The number of hydrogen-bond donors (Lipinski definition) is 1. The molecule has 2 unspecified atom stereocenters. The Morgan fingerprint density at radius 2 is 1.76 bits per heavy atom. The zero-order chi connectivity index (χ0) is 24.1. The van der Waals surface area contributed by atoms with Gasteiger partial charge in [0.25, 0.3) is 5.91 Å². The number of benzene rings is 2. The van der Waals surface area contributed by atoms with E-state index in [1.807, 2.05) is 49.4 Å². The number of carbonyl (C=O) groups is 1. The van der Waals surface area contributed by atoms with E-state index in [2.05, 4.69) is 10.3 Å². The average Bonchev–Trinajstić information content (AvgIpc) is 2.88. The van der Waals surface area contributed by atoms with E-state index in [1.165, 1.54) is 17.5 Å². The lowest BCUT2D eigenvalue weighted by molar-refractivity contribution is 0.0942. The lowest BCUT2D eigenvalue weighted by Crippen LogP contribution is -2.42. The Balaban J connectivity index is 1.68. The summed E-state index contributed by atoms with van der Waals surface area (Å²) >= 11 is 0. The highest BCUT2D eigenvalue weighted by Gasteiger charge is 2.33. The molecule has 1 saturated heterocycles. The Morgan fingerprint density at radius 3 is 2.44 bits per heavy atom. The van der Waals surface area contributed by atoms with Gasteiger partial charge in [0.2, 0.25) is 10.0 Å². The maximum Gasteiger partial charge on any atom is 0.252 e. The van der Waals surface area contributed by atoms with Gasteiger partial charge in [0.05, 0.1) is 13.2 Å². The second-order valence-corrected chi connectivity index (χ2v) is 10.3. The molecule has 2 aromatic carbocycles. The number of rotatable bonds is 7. The highest BCUT2D eigenvalue weighted by atomic mass is 32.2. The number of pyridine rings is 1. The normalized spacial score (nSPS) is 17.6. The molecule has 4 rings (SSSR count). The Morgan fingerprint density at radius 1 is 1.06 bits per heavy atom. The molecule has 2 heterocycles. The minimum atomic E-state index is -3.82. The van der Waals surface area contributed by atoms with Gasteiger partial charge in [0, 0.05) is 30.5 Å². The van der Waals surface area contributed by atoms with Crippen molar-refractivity contribution in [2.75, 3.05) is 13.7 Å². The van der Waals surface area contributed by atoms with E-state index in [1.54, 1.807) is 24.5 Å². The van der Waals surface area contributed by atoms with Crippen molar-refractivity contribution in [3.8, 4) is 5.75 Å². The van der Waals surface area contributed by atoms with Gasteiger partial charge in [-0.1, -0.05) is 36.8 Å². The van der Waals surface area contributed by atoms with Crippen molar-refractivity contribution in [1.29, 1.82) is 0 Å². The van der Waals surface area contributed by atoms with Crippen LogP contribution in [0.3, 0.4) is 0 Å². The molecule has 1 N–H and O–H groups in total. The lowest BCUT2D eigenvalue weighted by atomic mass is 9.99. The van der Waals surface area contributed by atoms with Crippen molar-refractivity contribution in [2.45, 2.75) is 43.2 Å². The maximum absolute atomic E-state index is 13.5. The molecule has 2 atom stereocenters. The van der Waals surface area contributed by atoms with Crippen molar-refractivity contribution < 1.29 is 17.9 Å². The molecule has 7 nitrogen and oxygen atoms in total. The molecule has 178 valence electrons. The van der Waals surface area contributed by atoms with Crippen LogP contribution in [0.1, 0.15) is 53.7 Å². The maximum atomic E-state index is 13.5. The zero-order valence-corrected chi connectivity index (χ0v) is 20.2. The molecule has 3 aromatic rings. The number of nitrogens with zero attached hydrogens (tertiary/aromatic N) is 2. The van der Waals surface area contributed by atoms with E-state index in [0.717, 1.165) is 30.4 Å². The first kappa shape index (κ1) is 23.9. The summed E-state index contributed by atoms with van der Waals surface area (Å²) in [6.45, 7) is 2.38. The summed E-state index contributed by atoms with van der Waals surface area (Å²) < 4.78 is 33.9. The number of ether oxygens (including phenoxy) is 1. The summed E-state index contributed by atoms with van der Waals surface area (Å²) in [7, 11) is -2.39. The van der Waals surface area contributed by atoms with Crippen LogP contribution in [0.4, 0.5) is 0 Å². The summed E-state index contributed by atoms with van der Waals surface area (Å²) in [5.41, 5.74) is 2.03. The SMILES string of the molecule is COc1ccc(C(=O)NC(c2ccccc2)c2ccncc2)cc1S(=O)(=O)N1CCCCC1C. The number of nitrogens with one attached hydrogen (secondary N) is 1. The minimum absolute atomic E-state index is 0.0107. The van der Waals surface area contributed by atoms with Gasteiger partial charge >= 0.3 is 0 Å². The molecule has 1 aliphatic rings. The number of methoxy groups -OCH3 is 1. The molecule has 1 aromatic heterocycles. The number of piperidine rings is 1. The minimum Gasteiger partial charge on any atom is -0.495 e. The molecule has 1 amide bonds. The van der Waals surface area contributed by atoms with Crippen LogP contribution in [0.25, 0.3) is 0 Å². The highest BCUT2D eigenvalue weighted by Crippen LogP contribution is 2.32. The van der Waals surface area contributed by atoms with E-state index in [0.29, 0.717) is 6.54 Å². The van der Waals surface area contributed by atoms with Crippen LogP contribution in [0.15, 0.2) is 78.0 Å². The van der Waals surface area contributed by atoms with Gasteiger partial charge in [0.15, 0.2) is 0 Å². The largest absolute Gasteiger partial charge is 0.495 e. The van der Waals surface area contributed by atoms with Crippen LogP contribution in [0, 0.1) is 0 Å². The van der Waals surface area contributed by atoms with Crippen molar-refractivity contribution in [2.24, 2.45) is 0 Å². The highest BCUT2D eigenvalue weighted by molar-refractivity contribution is 7.89. The van der Waals surface area contributed by atoms with Crippen LogP contribution < -0.4 is 10.1 Å². The monoisotopic (exact) mass is 479 g/mol. The fraction of sp³-hybridized carbons (Fsp3) is 0.308. The summed E-state index contributed by atoms with van der Waals surface area (Å²) in [4.78, 5) is 17.4. The Labute approximate surface area is 200 Å². The zero-order valence-electron chi connectivity index (χ0n) is 19.3. The standard InChI is InChI=1S/C26H29N3O4S/c1-19-8-6-7-17-29(19)34(31,32)24-18-22(11-12-23(24)33-2)26(30)28-25(20-9-4-3-5-10-20)21-13-15-27-16-14-21/h3-5,9-16,18-19,25H,6-8,17H2,1-2H3,(H,28,30). The van der Waals surface area contributed by atoms with Crippen molar-refractivity contribution in [3.63, 3.8) is 0 Å². The third-order valence-corrected chi connectivity index (χ3v) is 8.24. The third kappa shape index (κ3) is 4.98. The first-order valence-electron chi connectivity index (χ1n) is 11.4. The van der Waals surface area contributed by atoms with E-state index < -0.39 is 16.1 Å². The number of carbonyl (C=O) groups excluding carboxylic acids is 1. The number of hydrogen-bond acceptors (Lipinski definition) is 5. The van der Waals surface area contributed by atoms with Crippen LogP contribution >= 0.6 is 0 Å². The second-order valence-electron chi connectivity index (χ2n) is 8.42. The van der Waals surface area contributed by atoms with Gasteiger partial charge in [-0.05, 0) is 61.2 Å². The van der Waals surface area contributed by atoms with Crippen molar-refractivity contribution in [1.82, 2.24) is 14.6 Å². The summed E-state index contributed by atoms with van der Waals surface area (Å²) in [6.07, 6.45) is 5.98. The molecular formula is C26H29N3O4S. The van der Waals surface area contributed by atoms with Crippen LogP contribution in [-0.2, 0) is 10.0 Å². The third-order valence-electron chi connectivity index (χ3n) is 6.20. The van der Waals surface area contributed by atoms with Gasteiger partial charge in [-0.25, -0.2) is 8.42 Å².